The van der Waals surface area contributed by atoms with Crippen LogP contribution in [0.5, 0.6) is 0 Å². The van der Waals surface area contributed by atoms with E-state index in [1.165, 1.54) is 6.61 Å². The molecule has 1 aromatic rings. The van der Waals surface area contributed by atoms with Crippen LogP contribution < -0.4 is 0 Å². The van der Waals surface area contributed by atoms with E-state index in [4.69, 9.17) is 4.74 Å². The Labute approximate surface area is 78.5 Å². The molecule has 0 amide bonds. The highest BCUT2D eigenvalue weighted by atomic mass is 16.5. The fourth-order valence-electron chi connectivity index (χ4n) is 0.980. The van der Waals surface area contributed by atoms with Gasteiger partial charge in [-0.3, -0.25) is 4.79 Å². The van der Waals surface area contributed by atoms with Crippen molar-refractivity contribution in [2.75, 3.05) is 0 Å². The standard InChI is InChI=1S/C11H13O2/c1-2-8-13-11(12)9-10-6-4-3-5-7-10/h3-8H,2,9H2,1H3. The first-order chi connectivity index (χ1) is 6.33. The Morgan fingerprint density at radius 3 is 2.69 bits per heavy atom. The molecule has 2 heteroatoms. The monoisotopic (exact) mass is 177 g/mol. The van der Waals surface area contributed by atoms with E-state index >= 15 is 0 Å². The van der Waals surface area contributed by atoms with E-state index in [1.807, 2.05) is 37.3 Å². The van der Waals surface area contributed by atoms with Crippen LogP contribution in [-0.4, -0.2) is 5.97 Å². The summed E-state index contributed by atoms with van der Waals surface area (Å²) in [5.74, 6) is -0.201. The molecule has 0 N–H and O–H groups in total. The van der Waals surface area contributed by atoms with Crippen LogP contribution in [0.2, 0.25) is 0 Å². The molecule has 0 spiro atoms. The Balaban J connectivity index is 2.37. The Morgan fingerprint density at radius 1 is 1.38 bits per heavy atom. The number of benzene rings is 1. The Bertz CT molecular complexity index is 254. The highest BCUT2D eigenvalue weighted by Crippen LogP contribution is 2.01. The third kappa shape index (κ3) is 3.74. The number of hydrogen-bond acceptors (Lipinski definition) is 2. The van der Waals surface area contributed by atoms with Crippen LogP contribution in [0, 0.1) is 6.61 Å². The van der Waals surface area contributed by atoms with E-state index in [1.54, 1.807) is 0 Å². The van der Waals surface area contributed by atoms with E-state index in [0.29, 0.717) is 6.42 Å². The van der Waals surface area contributed by atoms with Crippen molar-refractivity contribution in [2.45, 2.75) is 19.8 Å². The van der Waals surface area contributed by atoms with Gasteiger partial charge in [-0.25, -0.2) is 0 Å². The third-order valence-electron chi connectivity index (χ3n) is 1.57. The van der Waals surface area contributed by atoms with Crippen molar-refractivity contribution in [3.05, 3.63) is 42.5 Å². The molecule has 0 aliphatic carbocycles. The zero-order valence-corrected chi connectivity index (χ0v) is 7.69. The lowest BCUT2D eigenvalue weighted by atomic mass is 10.2. The van der Waals surface area contributed by atoms with Gasteiger partial charge < -0.3 is 4.74 Å². The topological polar surface area (TPSA) is 26.3 Å². The number of carbonyl (C=O) groups excluding carboxylic acids is 1. The average Bonchev–Trinajstić information content (AvgIpc) is 2.16. The fraction of sp³-hybridized carbons (Fsp3) is 0.273. The molecule has 1 rings (SSSR count). The molecular formula is C11H13O2. The van der Waals surface area contributed by atoms with Crippen molar-refractivity contribution >= 4 is 5.97 Å². The third-order valence-corrected chi connectivity index (χ3v) is 1.57. The molecule has 1 aromatic carbocycles. The van der Waals surface area contributed by atoms with E-state index in [-0.39, 0.29) is 5.97 Å². The second kappa shape index (κ2) is 5.36. The largest absolute Gasteiger partial charge is 0.458 e. The Hall–Kier alpha value is -1.31. The molecule has 1 radical (unpaired) electrons. The maximum Gasteiger partial charge on any atom is 0.310 e. The van der Waals surface area contributed by atoms with Crippen molar-refractivity contribution in [1.29, 1.82) is 0 Å². The van der Waals surface area contributed by atoms with Gasteiger partial charge in [0.25, 0.3) is 0 Å². The summed E-state index contributed by atoms with van der Waals surface area (Å²) in [6, 6.07) is 9.56. The lowest BCUT2D eigenvalue weighted by molar-refractivity contribution is -0.139. The van der Waals surface area contributed by atoms with Crippen LogP contribution in [0.15, 0.2) is 30.3 Å². The molecule has 0 unspecified atom stereocenters. The molecule has 0 saturated carbocycles. The molecule has 0 aromatic heterocycles. The summed E-state index contributed by atoms with van der Waals surface area (Å²) >= 11 is 0. The molecular weight excluding hydrogens is 164 g/mol. The average molecular weight is 177 g/mol. The van der Waals surface area contributed by atoms with Gasteiger partial charge in [0.2, 0.25) is 0 Å². The quantitative estimate of drug-likeness (QED) is 0.660. The van der Waals surface area contributed by atoms with Crippen LogP contribution in [0.3, 0.4) is 0 Å². The van der Waals surface area contributed by atoms with Crippen molar-refractivity contribution in [2.24, 2.45) is 0 Å². The summed E-state index contributed by atoms with van der Waals surface area (Å²) in [7, 11) is 0. The van der Waals surface area contributed by atoms with E-state index in [2.05, 4.69) is 0 Å². The van der Waals surface area contributed by atoms with Gasteiger partial charge in [0.1, 0.15) is 6.61 Å². The highest BCUT2D eigenvalue weighted by Gasteiger charge is 2.02. The molecule has 0 fully saturated rings. The minimum atomic E-state index is -0.201. The molecule has 0 aliphatic heterocycles. The van der Waals surface area contributed by atoms with Gasteiger partial charge in [0.15, 0.2) is 0 Å². The number of ether oxygens (including phenoxy) is 1. The maximum absolute atomic E-state index is 11.1. The summed E-state index contributed by atoms with van der Waals surface area (Å²) in [6.45, 7) is 3.45. The van der Waals surface area contributed by atoms with Crippen molar-refractivity contribution < 1.29 is 9.53 Å². The van der Waals surface area contributed by atoms with Crippen LogP contribution in [-0.2, 0) is 16.0 Å². The molecule has 69 valence electrons. The number of hydrogen-bond donors (Lipinski definition) is 0. The highest BCUT2D eigenvalue weighted by molar-refractivity contribution is 5.72. The van der Waals surface area contributed by atoms with Gasteiger partial charge in [-0.1, -0.05) is 37.3 Å². The van der Waals surface area contributed by atoms with Gasteiger partial charge in [-0.15, -0.1) is 0 Å². The van der Waals surface area contributed by atoms with Gasteiger partial charge in [0.05, 0.1) is 6.42 Å². The SMILES string of the molecule is CC[CH]OC(=O)Cc1ccccc1. The number of esters is 1. The molecule has 0 aliphatic rings. The molecule has 0 saturated heterocycles. The van der Waals surface area contributed by atoms with Crippen LogP contribution >= 0.6 is 0 Å². The van der Waals surface area contributed by atoms with Crippen LogP contribution in [0.1, 0.15) is 18.9 Å². The van der Waals surface area contributed by atoms with Gasteiger partial charge >= 0.3 is 5.97 Å². The smallest absolute Gasteiger partial charge is 0.310 e. The molecule has 0 heterocycles. The van der Waals surface area contributed by atoms with E-state index in [9.17, 15) is 4.79 Å². The summed E-state index contributed by atoms with van der Waals surface area (Å²) in [5.41, 5.74) is 0.983. The van der Waals surface area contributed by atoms with Gasteiger partial charge in [0, 0.05) is 0 Å². The van der Waals surface area contributed by atoms with Crippen LogP contribution in [0.25, 0.3) is 0 Å². The second-order valence-corrected chi connectivity index (χ2v) is 2.73. The lowest BCUT2D eigenvalue weighted by Crippen LogP contribution is -2.05. The molecule has 13 heavy (non-hydrogen) atoms. The normalized spacial score (nSPS) is 9.62. The Morgan fingerprint density at radius 2 is 2.08 bits per heavy atom. The van der Waals surface area contributed by atoms with Crippen molar-refractivity contribution in [1.82, 2.24) is 0 Å². The molecule has 2 nitrogen and oxygen atoms in total. The summed E-state index contributed by atoms with van der Waals surface area (Å²) < 4.78 is 4.83. The maximum atomic E-state index is 11.1. The summed E-state index contributed by atoms with van der Waals surface area (Å²) in [4.78, 5) is 11.1. The zero-order valence-electron chi connectivity index (χ0n) is 7.69. The zero-order chi connectivity index (χ0) is 9.52. The fourth-order valence-corrected chi connectivity index (χ4v) is 0.980. The number of rotatable bonds is 4. The number of carbonyl (C=O) groups is 1. The first-order valence-corrected chi connectivity index (χ1v) is 4.38. The predicted molar refractivity (Wildman–Crippen MR) is 50.8 cm³/mol. The predicted octanol–water partition coefficient (Wildman–Crippen LogP) is 2.34. The lowest BCUT2D eigenvalue weighted by Gasteiger charge is -2.01. The van der Waals surface area contributed by atoms with Gasteiger partial charge in [-0.05, 0) is 12.0 Å². The van der Waals surface area contributed by atoms with Crippen molar-refractivity contribution in [3.8, 4) is 0 Å². The van der Waals surface area contributed by atoms with Crippen molar-refractivity contribution in [3.63, 3.8) is 0 Å². The summed E-state index contributed by atoms with van der Waals surface area (Å²) in [6.07, 6.45) is 1.10. The van der Waals surface area contributed by atoms with Gasteiger partial charge in [-0.2, -0.15) is 0 Å². The minimum Gasteiger partial charge on any atom is -0.458 e. The Kier molecular flexibility index (Phi) is 4.03. The molecule has 0 atom stereocenters. The van der Waals surface area contributed by atoms with Crippen LogP contribution in [0.4, 0.5) is 0 Å². The minimum absolute atomic E-state index is 0.201. The first-order valence-electron chi connectivity index (χ1n) is 4.38. The second-order valence-electron chi connectivity index (χ2n) is 2.73. The van der Waals surface area contributed by atoms with E-state index < -0.39 is 0 Å². The summed E-state index contributed by atoms with van der Waals surface area (Å²) in [5, 5.41) is 0. The molecule has 0 bridgehead atoms. The van der Waals surface area contributed by atoms with E-state index in [0.717, 1.165) is 12.0 Å². The first kappa shape index (κ1) is 9.78.